The zero-order valence-electron chi connectivity index (χ0n) is 13.8. The molecule has 6 heteroatoms. The zero-order valence-corrected chi connectivity index (χ0v) is 14.6. The van der Waals surface area contributed by atoms with E-state index >= 15 is 0 Å². The molecule has 0 saturated carbocycles. The Bertz CT molecular complexity index is 753. The van der Waals surface area contributed by atoms with Crippen molar-refractivity contribution in [3.8, 4) is 11.3 Å². The average Bonchev–Trinajstić information content (AvgIpc) is 3.13. The molecule has 2 aromatic rings. The first kappa shape index (κ1) is 16.7. The van der Waals surface area contributed by atoms with Gasteiger partial charge in [-0.2, -0.15) is 0 Å². The van der Waals surface area contributed by atoms with Crippen LogP contribution in [0.3, 0.4) is 0 Å². The third kappa shape index (κ3) is 3.49. The second-order valence-electron chi connectivity index (χ2n) is 5.92. The lowest BCUT2D eigenvalue weighted by molar-refractivity contribution is 0.0705. The molecule has 1 aromatic carbocycles. The molecule has 24 heavy (non-hydrogen) atoms. The molecule has 0 radical (unpaired) electrons. The molecule has 0 fully saturated rings. The van der Waals surface area contributed by atoms with Gasteiger partial charge in [-0.25, -0.2) is 4.98 Å². The van der Waals surface area contributed by atoms with Crippen molar-refractivity contribution in [3.63, 3.8) is 0 Å². The largest absolute Gasteiger partial charge is 0.510 e. The minimum Gasteiger partial charge on any atom is -0.510 e. The smallest absolute Gasteiger partial charge is 0.135 e. The van der Waals surface area contributed by atoms with Crippen LogP contribution in [0.2, 0.25) is 0 Å². The van der Waals surface area contributed by atoms with Gasteiger partial charge in [-0.1, -0.05) is 30.3 Å². The summed E-state index contributed by atoms with van der Waals surface area (Å²) in [5.74, 6) is 0.521. The van der Waals surface area contributed by atoms with Gasteiger partial charge in [0, 0.05) is 17.5 Å². The summed E-state index contributed by atoms with van der Waals surface area (Å²) < 4.78 is 5.54. The van der Waals surface area contributed by atoms with Crippen LogP contribution in [0.25, 0.3) is 16.8 Å². The van der Waals surface area contributed by atoms with Crippen LogP contribution < -0.4 is 0 Å². The Balaban J connectivity index is 1.74. The van der Waals surface area contributed by atoms with Crippen LogP contribution in [0.1, 0.15) is 18.9 Å². The van der Waals surface area contributed by atoms with Gasteiger partial charge < -0.3 is 14.7 Å². The first-order valence-corrected chi connectivity index (χ1v) is 8.83. The fraction of sp³-hybridized carbons (Fsp3) is 0.333. The molecule has 0 atom stereocenters. The summed E-state index contributed by atoms with van der Waals surface area (Å²) in [6.45, 7) is 5.43. The van der Waals surface area contributed by atoms with Crippen molar-refractivity contribution in [2.75, 3.05) is 19.7 Å². The van der Waals surface area contributed by atoms with Gasteiger partial charge >= 0.3 is 0 Å². The lowest BCUT2D eigenvalue weighted by Crippen LogP contribution is -2.30. The van der Waals surface area contributed by atoms with Gasteiger partial charge in [0.1, 0.15) is 16.6 Å². The molecular formula is C18H21N3O2S. The Labute approximate surface area is 145 Å². The van der Waals surface area contributed by atoms with Crippen LogP contribution >= 0.6 is 11.3 Å². The van der Waals surface area contributed by atoms with E-state index in [2.05, 4.69) is 4.98 Å². The highest BCUT2D eigenvalue weighted by molar-refractivity contribution is 7.11. The third-order valence-corrected chi connectivity index (χ3v) is 4.64. The van der Waals surface area contributed by atoms with E-state index in [1.165, 1.54) is 11.3 Å². The topological polar surface area (TPSA) is 69.4 Å². The van der Waals surface area contributed by atoms with Gasteiger partial charge in [-0.3, -0.25) is 5.41 Å². The van der Waals surface area contributed by atoms with Crippen LogP contribution in [-0.2, 0) is 4.74 Å². The van der Waals surface area contributed by atoms with Crippen LogP contribution in [0.4, 0.5) is 0 Å². The van der Waals surface area contributed by atoms with Crippen molar-refractivity contribution in [1.29, 1.82) is 5.41 Å². The minimum absolute atomic E-state index is 0.162. The SMILES string of the molecule is CC(C)OCCN1CC(O)=C(c2nc(-c3ccccc3)cs2)C1=N. The van der Waals surface area contributed by atoms with E-state index in [1.54, 1.807) is 0 Å². The normalized spacial score (nSPS) is 15.0. The van der Waals surface area contributed by atoms with Gasteiger partial charge in [-0.05, 0) is 13.8 Å². The Morgan fingerprint density at radius 3 is 2.79 bits per heavy atom. The summed E-state index contributed by atoms with van der Waals surface area (Å²) in [7, 11) is 0. The van der Waals surface area contributed by atoms with Crippen molar-refractivity contribution in [1.82, 2.24) is 9.88 Å². The van der Waals surface area contributed by atoms with Gasteiger partial charge in [0.25, 0.3) is 0 Å². The Kier molecular flexibility index (Phi) is 4.97. The number of nitrogens with one attached hydrogen (secondary N) is 1. The summed E-state index contributed by atoms with van der Waals surface area (Å²) in [5.41, 5.74) is 2.43. The van der Waals surface area contributed by atoms with E-state index in [9.17, 15) is 5.11 Å². The number of nitrogens with zero attached hydrogens (tertiary/aromatic N) is 2. The van der Waals surface area contributed by atoms with E-state index in [1.807, 2.05) is 54.5 Å². The summed E-state index contributed by atoms with van der Waals surface area (Å²) in [6.07, 6.45) is 0.162. The van der Waals surface area contributed by atoms with Crippen LogP contribution in [0.15, 0.2) is 41.5 Å². The van der Waals surface area contributed by atoms with Crippen molar-refractivity contribution < 1.29 is 9.84 Å². The summed E-state index contributed by atoms with van der Waals surface area (Å²) in [4.78, 5) is 6.42. The number of aliphatic hydroxyl groups is 1. The molecule has 0 amide bonds. The molecule has 1 aliphatic heterocycles. The molecule has 1 aromatic heterocycles. The number of aromatic nitrogens is 1. The molecule has 0 spiro atoms. The van der Waals surface area contributed by atoms with Crippen LogP contribution in [0, 0.1) is 5.41 Å². The Morgan fingerprint density at radius 1 is 1.33 bits per heavy atom. The molecule has 126 valence electrons. The monoisotopic (exact) mass is 343 g/mol. The number of thiazole rings is 1. The summed E-state index contributed by atoms with van der Waals surface area (Å²) >= 11 is 1.45. The lowest BCUT2D eigenvalue weighted by atomic mass is 10.2. The number of hydrogen-bond acceptors (Lipinski definition) is 5. The van der Waals surface area contributed by atoms with Crippen molar-refractivity contribution in [2.24, 2.45) is 0 Å². The second-order valence-corrected chi connectivity index (χ2v) is 6.77. The molecule has 0 saturated heterocycles. The van der Waals surface area contributed by atoms with Gasteiger partial charge in [0.2, 0.25) is 0 Å². The van der Waals surface area contributed by atoms with Crippen molar-refractivity contribution >= 4 is 22.7 Å². The quantitative estimate of drug-likeness (QED) is 0.837. The highest BCUT2D eigenvalue weighted by Crippen LogP contribution is 2.31. The van der Waals surface area contributed by atoms with E-state index < -0.39 is 0 Å². The van der Waals surface area contributed by atoms with Gasteiger partial charge in [0.05, 0.1) is 30.5 Å². The number of benzene rings is 1. The zero-order chi connectivity index (χ0) is 17.1. The van der Waals surface area contributed by atoms with E-state index in [0.29, 0.717) is 36.1 Å². The first-order valence-electron chi connectivity index (χ1n) is 7.95. The predicted octanol–water partition coefficient (Wildman–Crippen LogP) is 3.80. The number of amidine groups is 1. The first-order chi connectivity index (χ1) is 11.6. The lowest BCUT2D eigenvalue weighted by Gasteiger charge is -2.19. The maximum Gasteiger partial charge on any atom is 0.135 e. The van der Waals surface area contributed by atoms with Crippen molar-refractivity contribution in [2.45, 2.75) is 20.0 Å². The number of rotatable bonds is 6. The molecular weight excluding hydrogens is 322 g/mol. The van der Waals surface area contributed by atoms with Gasteiger partial charge in [-0.15, -0.1) is 11.3 Å². The standard InChI is InChI=1S/C18H21N3O2S/c1-12(2)23-9-8-21-10-15(22)16(17(21)19)18-20-14(11-24-18)13-6-4-3-5-7-13/h3-7,11-12,19,22H,8-10H2,1-2H3. The summed E-state index contributed by atoms with van der Waals surface area (Å²) in [5, 5.41) is 21.3. The fourth-order valence-corrected chi connectivity index (χ4v) is 3.47. The highest BCUT2D eigenvalue weighted by atomic mass is 32.1. The van der Waals surface area contributed by atoms with Crippen LogP contribution in [-0.4, -0.2) is 46.6 Å². The highest BCUT2D eigenvalue weighted by Gasteiger charge is 2.30. The van der Waals surface area contributed by atoms with E-state index in [0.717, 1.165) is 11.3 Å². The minimum atomic E-state index is 0.162. The number of hydrogen-bond donors (Lipinski definition) is 2. The third-order valence-electron chi connectivity index (χ3n) is 3.78. The summed E-state index contributed by atoms with van der Waals surface area (Å²) in [6, 6.07) is 9.92. The molecule has 2 heterocycles. The number of aliphatic hydroxyl groups excluding tert-OH is 1. The van der Waals surface area contributed by atoms with E-state index in [4.69, 9.17) is 10.1 Å². The molecule has 1 aliphatic rings. The van der Waals surface area contributed by atoms with Crippen molar-refractivity contribution in [3.05, 3.63) is 46.5 Å². The van der Waals surface area contributed by atoms with Gasteiger partial charge in [0.15, 0.2) is 0 Å². The molecule has 0 bridgehead atoms. The molecule has 0 unspecified atom stereocenters. The van der Waals surface area contributed by atoms with E-state index in [-0.39, 0.29) is 11.9 Å². The molecule has 5 nitrogen and oxygen atoms in total. The second kappa shape index (κ2) is 7.15. The maximum absolute atomic E-state index is 10.3. The fourth-order valence-electron chi connectivity index (χ4n) is 2.58. The van der Waals surface area contributed by atoms with Crippen LogP contribution in [0.5, 0.6) is 0 Å². The molecule has 0 aliphatic carbocycles. The predicted molar refractivity (Wildman–Crippen MR) is 97.5 cm³/mol. The maximum atomic E-state index is 10.3. The molecule has 2 N–H and O–H groups in total. The molecule has 3 rings (SSSR count). The average molecular weight is 343 g/mol. The number of ether oxygens (including phenoxy) is 1. The Morgan fingerprint density at radius 2 is 2.08 bits per heavy atom. The Hall–Kier alpha value is -2.18.